The van der Waals surface area contributed by atoms with E-state index >= 15 is 0 Å². The van der Waals surface area contributed by atoms with E-state index in [1.54, 1.807) is 23.3 Å². The Bertz CT molecular complexity index is 438. The molecule has 1 heterocycles. The molecule has 0 N–H and O–H groups in total. The molecule has 3 nitrogen and oxygen atoms in total. The summed E-state index contributed by atoms with van der Waals surface area (Å²) in [6.07, 6.45) is 3.95. The average molecular weight is 294 g/mol. The van der Waals surface area contributed by atoms with Crippen LogP contribution in [0.3, 0.4) is 0 Å². The van der Waals surface area contributed by atoms with E-state index in [0.717, 1.165) is 9.96 Å². The summed E-state index contributed by atoms with van der Waals surface area (Å²) >= 11 is 9.71. The van der Waals surface area contributed by atoms with Crippen molar-refractivity contribution in [2.45, 2.75) is 31.5 Å². The molecule has 1 rings (SSSR count). The molecule has 0 atom stereocenters. The minimum absolute atomic E-state index is 0.0325. The van der Waals surface area contributed by atoms with Gasteiger partial charge in [0.1, 0.15) is 0 Å². The lowest BCUT2D eigenvalue weighted by atomic mass is 10.1. The van der Waals surface area contributed by atoms with Crippen molar-refractivity contribution in [2.75, 3.05) is 12.5 Å². The van der Waals surface area contributed by atoms with Crippen LogP contribution in [0, 0.1) is 0 Å². The first kappa shape index (κ1) is 14.2. The largest absolute Gasteiger partial charge is 0.268 e. The first-order chi connectivity index (χ1) is 7.38. The Labute approximate surface area is 114 Å². The van der Waals surface area contributed by atoms with Crippen molar-refractivity contribution in [3.05, 3.63) is 4.80 Å². The lowest BCUT2D eigenvalue weighted by molar-refractivity contribution is 0.397. The van der Waals surface area contributed by atoms with Gasteiger partial charge in [-0.3, -0.25) is 3.96 Å². The van der Waals surface area contributed by atoms with Crippen molar-refractivity contribution in [3.63, 3.8) is 0 Å². The fourth-order valence-electron chi connectivity index (χ4n) is 0.990. The number of hydrogen-bond acceptors (Lipinski definition) is 5. The van der Waals surface area contributed by atoms with E-state index in [9.17, 15) is 0 Å². The van der Waals surface area contributed by atoms with E-state index in [4.69, 9.17) is 12.2 Å². The maximum atomic E-state index is 5.07. The zero-order valence-electron chi connectivity index (χ0n) is 9.97. The van der Waals surface area contributed by atoms with Gasteiger partial charge in [-0.2, -0.15) is 9.98 Å². The van der Waals surface area contributed by atoms with Crippen LogP contribution in [-0.4, -0.2) is 25.8 Å². The molecule has 0 fully saturated rings. The standard InChI is InChI=1S/C9H15N3S4/c1-9(2,3)12-7(14-4)10-6(16-12)11-8(13)15-5/h1-5H3/b11-6-. The lowest BCUT2D eigenvalue weighted by Crippen LogP contribution is -2.20. The topological polar surface area (TPSA) is 30.2 Å². The summed E-state index contributed by atoms with van der Waals surface area (Å²) in [6.45, 7) is 6.46. The lowest BCUT2D eigenvalue weighted by Gasteiger charge is -2.20. The smallest absolute Gasteiger partial charge is 0.229 e. The van der Waals surface area contributed by atoms with Crippen LogP contribution >= 0.6 is 47.3 Å². The zero-order chi connectivity index (χ0) is 12.3. The van der Waals surface area contributed by atoms with Gasteiger partial charge in [0.15, 0.2) is 9.48 Å². The van der Waals surface area contributed by atoms with Crippen LogP contribution in [0.4, 0.5) is 0 Å². The third-order valence-corrected chi connectivity index (χ3v) is 4.73. The molecule has 0 saturated carbocycles. The molecule has 0 spiro atoms. The number of rotatable bonds is 1. The second-order valence-electron chi connectivity index (χ2n) is 4.02. The Morgan fingerprint density at radius 2 is 2.06 bits per heavy atom. The summed E-state index contributed by atoms with van der Waals surface area (Å²) in [5.74, 6) is 0. The van der Waals surface area contributed by atoms with Gasteiger partial charge in [-0.05, 0) is 44.8 Å². The Kier molecular flexibility index (Phi) is 5.03. The van der Waals surface area contributed by atoms with Gasteiger partial charge in [-0.1, -0.05) is 35.7 Å². The molecule has 0 amide bonds. The molecule has 0 radical (unpaired) electrons. The van der Waals surface area contributed by atoms with Crippen molar-refractivity contribution in [1.29, 1.82) is 0 Å². The van der Waals surface area contributed by atoms with E-state index in [2.05, 4.69) is 34.7 Å². The molecule has 0 aromatic carbocycles. The fourth-order valence-corrected chi connectivity index (χ4v) is 3.20. The van der Waals surface area contributed by atoms with Gasteiger partial charge in [0, 0.05) is 5.54 Å². The summed E-state index contributed by atoms with van der Waals surface area (Å²) < 4.78 is 2.79. The molecule has 0 unspecified atom stereocenters. The molecule has 0 bridgehead atoms. The molecule has 16 heavy (non-hydrogen) atoms. The highest BCUT2D eigenvalue weighted by Crippen LogP contribution is 2.22. The number of thiocarbonyl (C=S) groups is 1. The van der Waals surface area contributed by atoms with Gasteiger partial charge in [0.05, 0.1) is 0 Å². The zero-order valence-corrected chi connectivity index (χ0v) is 13.2. The number of aromatic nitrogens is 2. The minimum Gasteiger partial charge on any atom is -0.268 e. The second kappa shape index (κ2) is 5.66. The molecule has 90 valence electrons. The van der Waals surface area contributed by atoms with E-state index in [-0.39, 0.29) is 5.54 Å². The monoisotopic (exact) mass is 293 g/mol. The highest BCUT2D eigenvalue weighted by Gasteiger charge is 2.18. The molecule has 0 aliphatic carbocycles. The van der Waals surface area contributed by atoms with Gasteiger partial charge in [-0.15, -0.1) is 0 Å². The third kappa shape index (κ3) is 3.58. The maximum Gasteiger partial charge on any atom is 0.229 e. The highest BCUT2D eigenvalue weighted by molar-refractivity contribution is 8.22. The molecule has 1 aromatic rings. The molecule has 0 aliphatic heterocycles. The van der Waals surface area contributed by atoms with Gasteiger partial charge in [0.2, 0.25) is 4.80 Å². The van der Waals surface area contributed by atoms with Crippen LogP contribution in [0.5, 0.6) is 0 Å². The third-order valence-electron chi connectivity index (χ3n) is 1.69. The van der Waals surface area contributed by atoms with E-state index in [1.165, 1.54) is 11.8 Å². The molecular formula is C9H15N3S4. The first-order valence-electron chi connectivity index (χ1n) is 4.66. The van der Waals surface area contributed by atoms with Gasteiger partial charge < -0.3 is 0 Å². The van der Waals surface area contributed by atoms with E-state index < -0.39 is 0 Å². The number of thioether (sulfide) groups is 2. The van der Waals surface area contributed by atoms with Crippen LogP contribution in [-0.2, 0) is 5.54 Å². The SMILES string of the molecule is CSC(=S)/N=c1/nc(SC)n(C(C)(C)C)s1. The highest BCUT2D eigenvalue weighted by atomic mass is 32.2. The second-order valence-corrected chi connectivity index (χ2v) is 7.15. The van der Waals surface area contributed by atoms with E-state index in [0.29, 0.717) is 4.32 Å². The Morgan fingerprint density at radius 3 is 2.44 bits per heavy atom. The van der Waals surface area contributed by atoms with Crippen molar-refractivity contribution >= 4 is 51.6 Å². The summed E-state index contributed by atoms with van der Waals surface area (Å²) in [7, 11) is 0. The summed E-state index contributed by atoms with van der Waals surface area (Å²) in [6, 6.07) is 0. The number of nitrogens with zero attached hydrogens (tertiary/aromatic N) is 3. The van der Waals surface area contributed by atoms with E-state index in [1.807, 2.05) is 12.5 Å². The minimum atomic E-state index is 0.0325. The predicted molar refractivity (Wildman–Crippen MR) is 78.6 cm³/mol. The van der Waals surface area contributed by atoms with Crippen molar-refractivity contribution < 1.29 is 0 Å². The van der Waals surface area contributed by atoms with Crippen molar-refractivity contribution in [1.82, 2.24) is 8.94 Å². The quantitative estimate of drug-likeness (QED) is 0.588. The fraction of sp³-hybridized carbons (Fsp3) is 0.667. The summed E-state index contributed by atoms with van der Waals surface area (Å²) in [4.78, 5) is 9.48. The van der Waals surface area contributed by atoms with Gasteiger partial charge in [-0.25, -0.2) is 0 Å². The van der Waals surface area contributed by atoms with Crippen LogP contribution in [0.25, 0.3) is 0 Å². The maximum absolute atomic E-state index is 5.07. The average Bonchev–Trinajstić information content (AvgIpc) is 2.60. The Balaban J connectivity index is 3.23. The Morgan fingerprint density at radius 1 is 1.44 bits per heavy atom. The normalized spacial score (nSPS) is 13.2. The Hall–Kier alpha value is 0.150. The molecule has 1 aromatic heterocycles. The van der Waals surface area contributed by atoms with Crippen molar-refractivity contribution in [3.8, 4) is 0 Å². The summed E-state index contributed by atoms with van der Waals surface area (Å²) in [5, 5.41) is 0.986. The molecular weight excluding hydrogens is 278 g/mol. The first-order valence-corrected chi connectivity index (χ1v) is 8.29. The van der Waals surface area contributed by atoms with Crippen LogP contribution in [0.15, 0.2) is 10.1 Å². The predicted octanol–water partition coefficient (Wildman–Crippen LogP) is 2.97. The number of hydrogen-bond donors (Lipinski definition) is 0. The van der Waals surface area contributed by atoms with Crippen molar-refractivity contribution in [2.24, 2.45) is 4.99 Å². The molecule has 0 saturated heterocycles. The summed E-state index contributed by atoms with van der Waals surface area (Å²) in [5.41, 5.74) is 0.0325. The molecule has 7 heteroatoms. The van der Waals surface area contributed by atoms with Gasteiger partial charge in [0.25, 0.3) is 0 Å². The van der Waals surface area contributed by atoms with Crippen LogP contribution in [0.2, 0.25) is 0 Å². The van der Waals surface area contributed by atoms with Gasteiger partial charge >= 0.3 is 0 Å². The van der Waals surface area contributed by atoms with Crippen LogP contribution in [0.1, 0.15) is 20.8 Å². The van der Waals surface area contributed by atoms with Crippen LogP contribution < -0.4 is 4.80 Å². The molecule has 0 aliphatic rings.